The second-order valence-corrected chi connectivity index (χ2v) is 4.37. The van der Waals surface area contributed by atoms with Gasteiger partial charge in [-0.2, -0.15) is 0 Å². The fourth-order valence-corrected chi connectivity index (χ4v) is 1.81. The second kappa shape index (κ2) is 5.14. The van der Waals surface area contributed by atoms with Crippen LogP contribution < -0.4 is 11.1 Å². The number of cyclic esters (lactones) is 1. The van der Waals surface area contributed by atoms with Gasteiger partial charge < -0.3 is 15.8 Å². The highest BCUT2D eigenvalue weighted by Crippen LogP contribution is 2.09. The summed E-state index contributed by atoms with van der Waals surface area (Å²) in [5.74, 6) is -0.731. The van der Waals surface area contributed by atoms with Crippen LogP contribution >= 0.6 is 12.2 Å². The van der Waals surface area contributed by atoms with Gasteiger partial charge in [0.2, 0.25) is 0 Å². The topological polar surface area (TPSA) is 81.4 Å². The van der Waals surface area contributed by atoms with Gasteiger partial charge in [-0.1, -0.05) is 24.4 Å². The Morgan fingerprint density at radius 3 is 2.78 bits per heavy atom. The van der Waals surface area contributed by atoms with E-state index in [9.17, 15) is 9.59 Å². The van der Waals surface area contributed by atoms with Crippen LogP contribution in [0.25, 0.3) is 0 Å². The Balaban J connectivity index is 2.11. The zero-order valence-electron chi connectivity index (χ0n) is 9.51. The van der Waals surface area contributed by atoms with Gasteiger partial charge in [0.25, 0.3) is 5.91 Å². The van der Waals surface area contributed by atoms with Crippen LogP contribution in [-0.2, 0) is 9.53 Å². The number of thiocarbonyl (C=S) groups is 1. The van der Waals surface area contributed by atoms with Crippen molar-refractivity contribution >= 4 is 29.1 Å². The average molecular weight is 264 g/mol. The third kappa shape index (κ3) is 2.65. The summed E-state index contributed by atoms with van der Waals surface area (Å²) >= 11 is 4.84. The molecule has 5 nitrogen and oxygen atoms in total. The Kier molecular flexibility index (Phi) is 3.57. The van der Waals surface area contributed by atoms with Gasteiger partial charge in [-0.3, -0.25) is 4.79 Å². The van der Waals surface area contributed by atoms with E-state index < -0.39 is 12.0 Å². The largest absolute Gasteiger partial charge is 0.464 e. The molecule has 1 atom stereocenters. The minimum Gasteiger partial charge on any atom is -0.464 e. The SMILES string of the molecule is NC(=S)c1cccc(C(=O)NC2CCOC2=O)c1. The molecule has 0 saturated carbocycles. The quantitative estimate of drug-likeness (QED) is 0.609. The van der Waals surface area contributed by atoms with Gasteiger partial charge in [-0.05, 0) is 12.1 Å². The number of nitrogens with two attached hydrogens (primary N) is 1. The number of amides is 1. The number of esters is 1. The molecule has 0 aliphatic carbocycles. The molecule has 1 heterocycles. The van der Waals surface area contributed by atoms with Crippen molar-refractivity contribution in [3.63, 3.8) is 0 Å². The van der Waals surface area contributed by atoms with Crippen molar-refractivity contribution in [1.82, 2.24) is 5.32 Å². The standard InChI is InChI=1S/C12H12N2O3S/c13-10(18)7-2-1-3-8(6-7)11(15)14-9-4-5-17-12(9)16/h1-3,6,9H,4-5H2,(H2,13,18)(H,14,15). The number of carbonyl (C=O) groups excluding carboxylic acids is 2. The smallest absolute Gasteiger partial charge is 0.328 e. The van der Waals surface area contributed by atoms with Crippen LogP contribution in [0.3, 0.4) is 0 Å². The Hall–Kier alpha value is -1.95. The van der Waals surface area contributed by atoms with Crippen molar-refractivity contribution in [1.29, 1.82) is 0 Å². The van der Waals surface area contributed by atoms with Crippen LogP contribution in [0.4, 0.5) is 0 Å². The van der Waals surface area contributed by atoms with E-state index in [2.05, 4.69) is 5.32 Å². The van der Waals surface area contributed by atoms with Gasteiger partial charge in [0.1, 0.15) is 11.0 Å². The van der Waals surface area contributed by atoms with Crippen LogP contribution in [0.2, 0.25) is 0 Å². The Bertz CT molecular complexity index is 516. The number of carbonyl (C=O) groups is 2. The van der Waals surface area contributed by atoms with E-state index in [-0.39, 0.29) is 10.9 Å². The van der Waals surface area contributed by atoms with Gasteiger partial charge in [0.05, 0.1) is 6.61 Å². The summed E-state index contributed by atoms with van der Waals surface area (Å²) in [6.45, 7) is 0.344. The van der Waals surface area contributed by atoms with Crippen molar-refractivity contribution in [3.05, 3.63) is 35.4 Å². The summed E-state index contributed by atoms with van der Waals surface area (Å²) in [7, 11) is 0. The molecule has 1 fully saturated rings. The molecule has 0 radical (unpaired) electrons. The van der Waals surface area contributed by atoms with Crippen molar-refractivity contribution < 1.29 is 14.3 Å². The summed E-state index contributed by atoms with van der Waals surface area (Å²) in [5, 5.41) is 2.61. The van der Waals surface area contributed by atoms with E-state index in [1.165, 1.54) is 0 Å². The van der Waals surface area contributed by atoms with Crippen LogP contribution in [0.5, 0.6) is 0 Å². The summed E-state index contributed by atoms with van der Waals surface area (Å²) in [6, 6.07) is 6.08. The number of nitrogens with one attached hydrogen (secondary N) is 1. The van der Waals surface area contributed by atoms with E-state index in [4.69, 9.17) is 22.7 Å². The van der Waals surface area contributed by atoms with Gasteiger partial charge in [-0.15, -0.1) is 0 Å². The van der Waals surface area contributed by atoms with E-state index in [1.807, 2.05) is 0 Å². The third-order valence-electron chi connectivity index (χ3n) is 2.65. The zero-order chi connectivity index (χ0) is 13.1. The molecule has 1 saturated heterocycles. The monoisotopic (exact) mass is 264 g/mol. The molecule has 1 aromatic carbocycles. The first-order chi connectivity index (χ1) is 8.58. The molecule has 0 bridgehead atoms. The van der Waals surface area contributed by atoms with Gasteiger partial charge in [0.15, 0.2) is 0 Å². The molecule has 3 N–H and O–H groups in total. The number of hydrogen-bond acceptors (Lipinski definition) is 4. The lowest BCUT2D eigenvalue weighted by Gasteiger charge is -2.09. The van der Waals surface area contributed by atoms with Crippen LogP contribution in [0.15, 0.2) is 24.3 Å². The molecule has 94 valence electrons. The lowest BCUT2D eigenvalue weighted by Crippen LogP contribution is -2.38. The maximum absolute atomic E-state index is 11.9. The third-order valence-corrected chi connectivity index (χ3v) is 2.89. The maximum atomic E-state index is 11.9. The van der Waals surface area contributed by atoms with E-state index >= 15 is 0 Å². The highest BCUT2D eigenvalue weighted by molar-refractivity contribution is 7.80. The molecule has 0 spiro atoms. The summed E-state index contributed by atoms with van der Waals surface area (Å²) in [6.07, 6.45) is 0.500. The number of rotatable bonds is 3. The highest BCUT2D eigenvalue weighted by Gasteiger charge is 2.28. The molecular weight excluding hydrogens is 252 g/mol. The number of hydrogen-bond donors (Lipinski definition) is 2. The van der Waals surface area contributed by atoms with Crippen molar-refractivity contribution in [2.75, 3.05) is 6.61 Å². The lowest BCUT2D eigenvalue weighted by molar-refractivity contribution is -0.139. The van der Waals surface area contributed by atoms with Crippen LogP contribution in [0.1, 0.15) is 22.3 Å². The average Bonchev–Trinajstić information content (AvgIpc) is 2.75. The molecule has 1 aliphatic rings. The minimum atomic E-state index is -0.564. The number of benzene rings is 1. The van der Waals surface area contributed by atoms with Crippen LogP contribution in [0, 0.1) is 0 Å². The minimum absolute atomic E-state index is 0.227. The van der Waals surface area contributed by atoms with Gasteiger partial charge in [0, 0.05) is 17.5 Å². The van der Waals surface area contributed by atoms with Gasteiger partial charge in [-0.25, -0.2) is 4.79 Å². The summed E-state index contributed by atoms with van der Waals surface area (Å²) in [4.78, 5) is 23.4. The normalized spacial score (nSPS) is 18.2. The lowest BCUT2D eigenvalue weighted by atomic mass is 10.1. The Morgan fingerprint density at radius 2 is 2.17 bits per heavy atom. The maximum Gasteiger partial charge on any atom is 0.328 e. The van der Waals surface area contributed by atoms with E-state index in [0.717, 1.165) is 0 Å². The number of ether oxygens (including phenoxy) is 1. The van der Waals surface area contributed by atoms with E-state index in [0.29, 0.717) is 24.2 Å². The molecule has 1 aromatic rings. The molecule has 1 amide bonds. The van der Waals surface area contributed by atoms with Gasteiger partial charge >= 0.3 is 5.97 Å². The summed E-state index contributed by atoms with van der Waals surface area (Å²) in [5.41, 5.74) is 6.53. The first-order valence-electron chi connectivity index (χ1n) is 5.45. The molecule has 18 heavy (non-hydrogen) atoms. The first-order valence-corrected chi connectivity index (χ1v) is 5.86. The Morgan fingerprint density at radius 1 is 1.44 bits per heavy atom. The summed E-state index contributed by atoms with van der Waals surface area (Å²) < 4.78 is 4.77. The highest BCUT2D eigenvalue weighted by atomic mass is 32.1. The second-order valence-electron chi connectivity index (χ2n) is 3.93. The molecular formula is C12H12N2O3S. The first kappa shape index (κ1) is 12.5. The molecule has 1 unspecified atom stereocenters. The van der Waals surface area contributed by atoms with E-state index in [1.54, 1.807) is 24.3 Å². The fourth-order valence-electron chi connectivity index (χ4n) is 1.68. The molecule has 1 aliphatic heterocycles. The van der Waals surface area contributed by atoms with Crippen molar-refractivity contribution in [2.24, 2.45) is 5.73 Å². The zero-order valence-corrected chi connectivity index (χ0v) is 10.3. The van der Waals surface area contributed by atoms with Crippen molar-refractivity contribution in [3.8, 4) is 0 Å². The predicted molar refractivity (Wildman–Crippen MR) is 69.2 cm³/mol. The molecule has 6 heteroatoms. The Labute approximate surface area is 109 Å². The molecule has 0 aromatic heterocycles. The fraction of sp³-hybridized carbons (Fsp3) is 0.250. The van der Waals surface area contributed by atoms with Crippen LogP contribution in [-0.4, -0.2) is 29.5 Å². The predicted octanol–water partition coefficient (Wildman–Crippen LogP) is 0.366. The van der Waals surface area contributed by atoms with Crippen molar-refractivity contribution in [2.45, 2.75) is 12.5 Å². The molecule has 2 rings (SSSR count).